The molecule has 110 valence electrons. The summed E-state index contributed by atoms with van der Waals surface area (Å²) < 4.78 is 10.3. The largest absolute Gasteiger partial charge is 0.496 e. The molecule has 1 aromatic heterocycles. The zero-order valence-corrected chi connectivity index (χ0v) is 12.2. The van der Waals surface area contributed by atoms with E-state index in [-0.39, 0.29) is 16.1 Å². The third-order valence-corrected chi connectivity index (χ3v) is 3.66. The van der Waals surface area contributed by atoms with Crippen molar-refractivity contribution in [3.8, 4) is 11.5 Å². The molecule has 0 spiro atoms. The van der Waals surface area contributed by atoms with Crippen LogP contribution in [0.15, 0.2) is 29.6 Å². The van der Waals surface area contributed by atoms with Crippen molar-refractivity contribution < 1.29 is 24.2 Å². The molecule has 0 aliphatic heterocycles. The number of carbonyl (C=O) groups excluding carboxylic acids is 1. The topological polar surface area (TPSA) is 84.9 Å². The number of rotatable bonds is 5. The van der Waals surface area contributed by atoms with Crippen LogP contribution in [0, 0.1) is 0 Å². The van der Waals surface area contributed by atoms with E-state index >= 15 is 0 Å². The Labute approximate surface area is 124 Å². The molecule has 1 amide bonds. The molecular formula is C14H13NO5S. The molecule has 0 radical (unpaired) electrons. The van der Waals surface area contributed by atoms with E-state index in [0.29, 0.717) is 11.5 Å². The highest BCUT2D eigenvalue weighted by molar-refractivity contribution is 7.12. The van der Waals surface area contributed by atoms with Gasteiger partial charge in [0, 0.05) is 0 Å². The quantitative estimate of drug-likeness (QED) is 0.887. The summed E-state index contributed by atoms with van der Waals surface area (Å²) in [6.07, 6.45) is 0. The van der Waals surface area contributed by atoms with Crippen LogP contribution in [0.5, 0.6) is 11.5 Å². The van der Waals surface area contributed by atoms with Crippen LogP contribution < -0.4 is 14.8 Å². The number of carboxylic acids is 1. The molecule has 0 unspecified atom stereocenters. The monoisotopic (exact) mass is 307 g/mol. The Kier molecular flexibility index (Phi) is 4.44. The van der Waals surface area contributed by atoms with Gasteiger partial charge in [0.15, 0.2) is 0 Å². The summed E-state index contributed by atoms with van der Waals surface area (Å²) in [4.78, 5) is 23.5. The van der Waals surface area contributed by atoms with E-state index < -0.39 is 11.9 Å². The predicted molar refractivity (Wildman–Crippen MR) is 78.8 cm³/mol. The number of carbonyl (C=O) groups is 2. The van der Waals surface area contributed by atoms with Crippen molar-refractivity contribution in [2.45, 2.75) is 0 Å². The number of hydrogen-bond acceptors (Lipinski definition) is 5. The summed E-state index contributed by atoms with van der Waals surface area (Å²) in [5.74, 6) is -0.893. The number of anilines is 1. The van der Waals surface area contributed by atoms with Crippen LogP contribution in [0.1, 0.15) is 20.0 Å². The number of ether oxygens (including phenoxy) is 2. The summed E-state index contributed by atoms with van der Waals surface area (Å²) in [6.45, 7) is 0. The molecular weight excluding hydrogens is 294 g/mol. The normalized spacial score (nSPS) is 10.0. The minimum absolute atomic E-state index is 0.0669. The van der Waals surface area contributed by atoms with Crippen molar-refractivity contribution in [3.05, 3.63) is 40.1 Å². The second kappa shape index (κ2) is 6.27. The highest BCUT2D eigenvalue weighted by Gasteiger charge is 2.21. The van der Waals surface area contributed by atoms with Crippen molar-refractivity contribution in [2.24, 2.45) is 0 Å². The minimum atomic E-state index is -1.09. The summed E-state index contributed by atoms with van der Waals surface area (Å²) in [5, 5.41) is 13.2. The number of hydrogen-bond donors (Lipinski definition) is 2. The van der Waals surface area contributed by atoms with Gasteiger partial charge in [-0.1, -0.05) is 6.07 Å². The van der Waals surface area contributed by atoms with Gasteiger partial charge in [-0.25, -0.2) is 4.79 Å². The zero-order valence-electron chi connectivity index (χ0n) is 11.4. The Hall–Kier alpha value is -2.54. The highest BCUT2D eigenvalue weighted by atomic mass is 32.1. The first-order valence-corrected chi connectivity index (χ1v) is 6.79. The molecule has 2 aromatic rings. The number of carboxylic acid groups (broad SMARTS) is 1. The fraction of sp³-hybridized carbons (Fsp3) is 0.143. The van der Waals surface area contributed by atoms with Crippen LogP contribution in [0.25, 0.3) is 0 Å². The number of nitrogens with one attached hydrogen (secondary N) is 1. The van der Waals surface area contributed by atoms with E-state index in [0.717, 1.165) is 11.3 Å². The second-order valence-electron chi connectivity index (χ2n) is 3.96. The zero-order chi connectivity index (χ0) is 15.4. The Morgan fingerprint density at radius 3 is 2.29 bits per heavy atom. The lowest BCUT2D eigenvalue weighted by Gasteiger charge is -2.12. The van der Waals surface area contributed by atoms with E-state index in [1.807, 2.05) is 0 Å². The number of amides is 1. The molecule has 0 fully saturated rings. The highest BCUT2D eigenvalue weighted by Crippen LogP contribution is 2.30. The van der Waals surface area contributed by atoms with Crippen molar-refractivity contribution in [1.29, 1.82) is 0 Å². The first kappa shape index (κ1) is 14.9. The average molecular weight is 307 g/mol. The molecule has 1 heterocycles. The molecule has 0 aliphatic rings. The maximum Gasteiger partial charge on any atom is 0.348 e. The predicted octanol–water partition coefficient (Wildman–Crippen LogP) is 2.72. The number of methoxy groups -OCH3 is 2. The van der Waals surface area contributed by atoms with Crippen LogP contribution in [0.3, 0.4) is 0 Å². The molecule has 2 N–H and O–H groups in total. The Morgan fingerprint density at radius 2 is 1.76 bits per heavy atom. The van der Waals surface area contributed by atoms with Gasteiger partial charge in [0.25, 0.3) is 5.91 Å². The number of benzene rings is 1. The Balaban J connectivity index is 2.37. The summed E-state index contributed by atoms with van der Waals surface area (Å²) >= 11 is 1.04. The van der Waals surface area contributed by atoms with Crippen LogP contribution in [0.4, 0.5) is 5.69 Å². The van der Waals surface area contributed by atoms with Gasteiger partial charge in [0.1, 0.15) is 21.9 Å². The van der Waals surface area contributed by atoms with Gasteiger partial charge in [-0.2, -0.15) is 0 Å². The van der Waals surface area contributed by atoms with Gasteiger partial charge in [-0.15, -0.1) is 11.3 Å². The van der Waals surface area contributed by atoms with Crippen LogP contribution in [-0.2, 0) is 0 Å². The van der Waals surface area contributed by atoms with E-state index in [9.17, 15) is 9.59 Å². The fourth-order valence-corrected chi connectivity index (χ4v) is 2.52. The molecule has 6 nitrogen and oxygen atoms in total. The van der Waals surface area contributed by atoms with Gasteiger partial charge in [-0.05, 0) is 23.6 Å². The lowest BCUT2D eigenvalue weighted by atomic mass is 10.1. The molecule has 0 saturated heterocycles. The number of thiophene rings is 1. The third kappa shape index (κ3) is 2.97. The van der Waals surface area contributed by atoms with Crippen molar-refractivity contribution in [1.82, 2.24) is 0 Å². The van der Waals surface area contributed by atoms with E-state index in [2.05, 4.69) is 5.32 Å². The summed E-state index contributed by atoms with van der Waals surface area (Å²) in [5.41, 5.74) is 0.454. The molecule has 0 aliphatic carbocycles. The second-order valence-corrected chi connectivity index (χ2v) is 4.88. The maximum absolute atomic E-state index is 12.4. The average Bonchev–Trinajstić information content (AvgIpc) is 2.94. The van der Waals surface area contributed by atoms with Gasteiger partial charge < -0.3 is 19.9 Å². The number of aromatic carboxylic acids is 1. The fourth-order valence-electron chi connectivity index (χ4n) is 1.83. The van der Waals surface area contributed by atoms with E-state index in [1.54, 1.807) is 23.6 Å². The maximum atomic E-state index is 12.4. The molecule has 0 saturated carbocycles. The van der Waals surface area contributed by atoms with Crippen LogP contribution >= 0.6 is 11.3 Å². The Bertz CT molecular complexity index is 658. The first-order valence-electron chi connectivity index (χ1n) is 5.91. The van der Waals surface area contributed by atoms with Crippen molar-refractivity contribution >= 4 is 28.9 Å². The van der Waals surface area contributed by atoms with Gasteiger partial charge >= 0.3 is 5.97 Å². The third-order valence-electron chi connectivity index (χ3n) is 2.76. The molecule has 2 rings (SSSR count). The summed E-state index contributed by atoms with van der Waals surface area (Å²) in [7, 11) is 2.89. The van der Waals surface area contributed by atoms with Crippen molar-refractivity contribution in [3.63, 3.8) is 0 Å². The molecule has 0 atom stereocenters. The lowest BCUT2D eigenvalue weighted by molar-refractivity contribution is 0.0703. The SMILES string of the molecule is COc1cccc(OC)c1C(=O)Nc1ccsc1C(=O)O. The van der Waals surface area contributed by atoms with E-state index in [1.165, 1.54) is 20.3 Å². The molecule has 21 heavy (non-hydrogen) atoms. The summed E-state index contributed by atoms with van der Waals surface area (Å²) in [6, 6.07) is 6.49. The molecule has 1 aromatic carbocycles. The Morgan fingerprint density at radius 1 is 1.14 bits per heavy atom. The minimum Gasteiger partial charge on any atom is -0.496 e. The van der Waals surface area contributed by atoms with Crippen LogP contribution in [0.2, 0.25) is 0 Å². The molecule has 0 bridgehead atoms. The van der Waals surface area contributed by atoms with Crippen LogP contribution in [-0.4, -0.2) is 31.2 Å². The smallest absolute Gasteiger partial charge is 0.348 e. The van der Waals surface area contributed by atoms with Crippen molar-refractivity contribution in [2.75, 3.05) is 19.5 Å². The van der Waals surface area contributed by atoms with Gasteiger partial charge in [0.05, 0.1) is 19.9 Å². The molecule has 7 heteroatoms. The lowest BCUT2D eigenvalue weighted by Crippen LogP contribution is -2.15. The van der Waals surface area contributed by atoms with Gasteiger partial charge in [0.2, 0.25) is 0 Å². The standard InChI is InChI=1S/C14H13NO5S/c1-19-9-4-3-5-10(20-2)11(9)13(16)15-8-6-7-21-12(8)14(17)18/h3-7H,1-2H3,(H,15,16)(H,17,18). The van der Waals surface area contributed by atoms with E-state index in [4.69, 9.17) is 14.6 Å². The first-order chi connectivity index (χ1) is 10.1. The van der Waals surface area contributed by atoms with Gasteiger partial charge in [-0.3, -0.25) is 4.79 Å².